The number of urea groups is 1. The fourth-order valence-corrected chi connectivity index (χ4v) is 2.81. The van der Waals surface area contributed by atoms with E-state index in [0.717, 1.165) is 17.7 Å². The lowest BCUT2D eigenvalue weighted by Crippen LogP contribution is -2.51. The van der Waals surface area contributed by atoms with Crippen molar-refractivity contribution in [3.63, 3.8) is 0 Å². The summed E-state index contributed by atoms with van der Waals surface area (Å²) in [4.78, 5) is 26.1. The van der Waals surface area contributed by atoms with Crippen molar-refractivity contribution in [1.82, 2.24) is 10.2 Å². The molecule has 0 atom stereocenters. The first-order chi connectivity index (χ1) is 9.37. The second kappa shape index (κ2) is 5.83. The highest BCUT2D eigenvalue weighted by molar-refractivity contribution is 7.09. The van der Waals surface area contributed by atoms with Gasteiger partial charge < -0.3 is 15.3 Å². The summed E-state index contributed by atoms with van der Waals surface area (Å²) in [6, 6.07) is 4.09. The molecule has 1 saturated carbocycles. The number of carboxylic acid groups (broad SMARTS) is 1. The lowest BCUT2D eigenvalue weighted by Gasteiger charge is -2.30. The van der Waals surface area contributed by atoms with Gasteiger partial charge in [-0.25, -0.2) is 4.79 Å². The Balaban J connectivity index is 1.98. The standard InChI is InChI=1S/C14H20N2O3S/c1-14(2,8-12(17)18)15-13(19)16(10-5-6-10)9-11-4-3-7-20-11/h3-4,7,10H,5-6,8-9H2,1-2H3,(H,15,19)(H,17,18). The first-order valence-corrected chi connectivity index (χ1v) is 7.58. The molecule has 0 saturated heterocycles. The summed E-state index contributed by atoms with van der Waals surface area (Å²) in [5, 5.41) is 13.7. The van der Waals surface area contributed by atoms with Crippen LogP contribution < -0.4 is 5.32 Å². The lowest BCUT2D eigenvalue weighted by molar-refractivity contribution is -0.138. The van der Waals surface area contributed by atoms with Gasteiger partial charge in [0.1, 0.15) is 0 Å². The van der Waals surface area contributed by atoms with Crippen LogP contribution in [0.2, 0.25) is 0 Å². The molecule has 1 aliphatic rings. The molecule has 1 heterocycles. The number of hydrogen-bond acceptors (Lipinski definition) is 3. The highest BCUT2D eigenvalue weighted by Gasteiger charge is 2.35. The summed E-state index contributed by atoms with van der Waals surface area (Å²) in [5.74, 6) is -0.911. The van der Waals surface area contributed by atoms with Gasteiger partial charge in [-0.15, -0.1) is 11.3 Å². The minimum Gasteiger partial charge on any atom is -0.481 e. The van der Waals surface area contributed by atoms with Gasteiger partial charge in [-0.1, -0.05) is 6.07 Å². The van der Waals surface area contributed by atoms with Crippen molar-refractivity contribution in [3.8, 4) is 0 Å². The van der Waals surface area contributed by atoms with E-state index in [2.05, 4.69) is 5.32 Å². The molecule has 1 aromatic rings. The Morgan fingerprint density at radius 1 is 1.50 bits per heavy atom. The average molecular weight is 296 g/mol. The lowest BCUT2D eigenvalue weighted by atomic mass is 10.0. The van der Waals surface area contributed by atoms with Crippen molar-refractivity contribution in [3.05, 3.63) is 22.4 Å². The van der Waals surface area contributed by atoms with Crippen molar-refractivity contribution in [1.29, 1.82) is 0 Å². The van der Waals surface area contributed by atoms with Crippen LogP contribution in [0.4, 0.5) is 4.79 Å². The van der Waals surface area contributed by atoms with Crippen molar-refractivity contribution in [2.75, 3.05) is 0 Å². The number of rotatable bonds is 6. The Morgan fingerprint density at radius 2 is 2.20 bits per heavy atom. The number of carbonyl (C=O) groups excluding carboxylic acids is 1. The van der Waals surface area contributed by atoms with Crippen LogP contribution in [0.15, 0.2) is 17.5 Å². The van der Waals surface area contributed by atoms with E-state index in [1.54, 1.807) is 25.2 Å². The molecule has 2 rings (SSSR count). The van der Waals surface area contributed by atoms with Crippen LogP contribution in [0.5, 0.6) is 0 Å². The van der Waals surface area contributed by atoms with E-state index < -0.39 is 11.5 Å². The van der Waals surface area contributed by atoms with Crippen LogP contribution in [-0.4, -0.2) is 33.6 Å². The average Bonchev–Trinajstić information content (AvgIpc) is 3.00. The summed E-state index contributed by atoms with van der Waals surface area (Å²) in [6.07, 6.45) is 1.96. The Kier molecular flexibility index (Phi) is 4.32. The molecule has 0 aliphatic heterocycles. The van der Waals surface area contributed by atoms with E-state index in [-0.39, 0.29) is 18.5 Å². The number of hydrogen-bond donors (Lipinski definition) is 2. The Bertz CT molecular complexity index is 481. The second-order valence-electron chi connectivity index (χ2n) is 5.82. The molecule has 0 radical (unpaired) electrons. The highest BCUT2D eigenvalue weighted by atomic mass is 32.1. The van der Waals surface area contributed by atoms with E-state index in [4.69, 9.17) is 5.11 Å². The van der Waals surface area contributed by atoms with Gasteiger partial charge >= 0.3 is 12.0 Å². The Hall–Kier alpha value is -1.56. The predicted molar refractivity (Wildman–Crippen MR) is 77.7 cm³/mol. The molecule has 0 spiro atoms. The van der Waals surface area contributed by atoms with Crippen LogP contribution in [0.1, 0.15) is 38.0 Å². The second-order valence-corrected chi connectivity index (χ2v) is 6.86. The molecule has 1 aliphatic carbocycles. The van der Waals surface area contributed by atoms with Gasteiger partial charge in [0.15, 0.2) is 0 Å². The molecule has 110 valence electrons. The minimum atomic E-state index is -0.911. The monoisotopic (exact) mass is 296 g/mol. The van der Waals surface area contributed by atoms with Gasteiger partial charge in [-0.2, -0.15) is 0 Å². The molecule has 1 fully saturated rings. The highest BCUT2D eigenvalue weighted by Crippen LogP contribution is 2.29. The smallest absolute Gasteiger partial charge is 0.318 e. The molecule has 0 aromatic carbocycles. The number of nitrogens with zero attached hydrogens (tertiary/aromatic N) is 1. The zero-order valence-corrected chi connectivity index (χ0v) is 12.6. The quantitative estimate of drug-likeness (QED) is 0.848. The predicted octanol–water partition coefficient (Wildman–Crippen LogP) is 2.68. The molecule has 0 bridgehead atoms. The fraction of sp³-hybridized carbons (Fsp3) is 0.571. The number of amides is 2. The van der Waals surface area contributed by atoms with Gasteiger partial charge in [-0.05, 0) is 38.1 Å². The molecule has 1 aromatic heterocycles. The number of carbonyl (C=O) groups is 2. The Morgan fingerprint density at radius 3 is 2.70 bits per heavy atom. The third-order valence-corrected chi connectivity index (χ3v) is 4.05. The van der Waals surface area contributed by atoms with Gasteiger partial charge in [0.2, 0.25) is 0 Å². The first-order valence-electron chi connectivity index (χ1n) is 6.70. The van der Waals surface area contributed by atoms with Crippen molar-refractivity contribution in [2.45, 2.75) is 51.2 Å². The maximum Gasteiger partial charge on any atom is 0.318 e. The molecule has 0 unspecified atom stereocenters. The fourth-order valence-electron chi connectivity index (χ4n) is 2.11. The van der Waals surface area contributed by atoms with E-state index in [1.165, 1.54) is 0 Å². The first kappa shape index (κ1) is 14.8. The minimum absolute atomic E-state index is 0.0871. The zero-order chi connectivity index (χ0) is 14.8. The maximum absolute atomic E-state index is 12.4. The van der Waals surface area contributed by atoms with Crippen molar-refractivity contribution < 1.29 is 14.7 Å². The van der Waals surface area contributed by atoms with Crippen LogP contribution in [0, 0.1) is 0 Å². The van der Waals surface area contributed by atoms with Gasteiger partial charge in [0.25, 0.3) is 0 Å². The largest absolute Gasteiger partial charge is 0.481 e. The van der Waals surface area contributed by atoms with Crippen molar-refractivity contribution in [2.24, 2.45) is 0 Å². The molecule has 2 N–H and O–H groups in total. The summed E-state index contributed by atoms with van der Waals surface area (Å²) < 4.78 is 0. The van der Waals surface area contributed by atoms with Crippen LogP contribution in [0.25, 0.3) is 0 Å². The SMILES string of the molecule is CC(C)(CC(=O)O)NC(=O)N(Cc1cccs1)C1CC1. The summed E-state index contributed by atoms with van der Waals surface area (Å²) in [7, 11) is 0. The zero-order valence-electron chi connectivity index (χ0n) is 11.8. The van der Waals surface area contributed by atoms with E-state index in [1.807, 2.05) is 22.4 Å². The van der Waals surface area contributed by atoms with E-state index >= 15 is 0 Å². The number of carboxylic acids is 1. The van der Waals surface area contributed by atoms with Crippen LogP contribution >= 0.6 is 11.3 Å². The Labute approximate surface area is 122 Å². The number of aliphatic carboxylic acids is 1. The molecule has 20 heavy (non-hydrogen) atoms. The topological polar surface area (TPSA) is 69.6 Å². The number of nitrogens with one attached hydrogen (secondary N) is 1. The third kappa shape index (κ3) is 4.23. The van der Waals surface area contributed by atoms with Crippen molar-refractivity contribution >= 4 is 23.3 Å². The van der Waals surface area contributed by atoms with Crippen LogP contribution in [0.3, 0.4) is 0 Å². The summed E-state index contributed by atoms with van der Waals surface area (Å²) in [6.45, 7) is 4.06. The van der Waals surface area contributed by atoms with Gasteiger partial charge in [0.05, 0.1) is 13.0 Å². The summed E-state index contributed by atoms with van der Waals surface area (Å²) in [5.41, 5.74) is -0.745. The van der Waals surface area contributed by atoms with E-state index in [0.29, 0.717) is 6.54 Å². The molecule has 6 heteroatoms. The summed E-state index contributed by atoms with van der Waals surface area (Å²) >= 11 is 1.63. The van der Waals surface area contributed by atoms with Gasteiger partial charge in [-0.3, -0.25) is 4.79 Å². The number of thiophene rings is 1. The maximum atomic E-state index is 12.4. The normalized spacial score (nSPS) is 14.9. The van der Waals surface area contributed by atoms with Crippen LogP contribution in [-0.2, 0) is 11.3 Å². The molecule has 2 amide bonds. The van der Waals surface area contributed by atoms with Gasteiger partial charge in [0, 0.05) is 16.5 Å². The molecular weight excluding hydrogens is 276 g/mol. The van der Waals surface area contributed by atoms with E-state index in [9.17, 15) is 9.59 Å². The molecular formula is C14H20N2O3S. The third-order valence-electron chi connectivity index (χ3n) is 3.19. The molecule has 5 nitrogen and oxygen atoms in total.